The van der Waals surface area contributed by atoms with Crippen LogP contribution in [0.4, 0.5) is 0 Å². The van der Waals surface area contributed by atoms with E-state index in [1.807, 2.05) is 0 Å². The van der Waals surface area contributed by atoms with Crippen LogP contribution in [-0.4, -0.2) is 43.5 Å². The van der Waals surface area contributed by atoms with Crippen molar-refractivity contribution in [3.63, 3.8) is 0 Å². The number of carbonyl (C=O) groups is 1. The van der Waals surface area contributed by atoms with Crippen LogP contribution >= 0.6 is 11.6 Å². The van der Waals surface area contributed by atoms with E-state index in [1.54, 1.807) is 31.4 Å². The number of hydrogen-bond donors (Lipinski definition) is 0. The monoisotopic (exact) mass is 267 g/mol. The third-order valence-corrected chi connectivity index (χ3v) is 3.58. The molecule has 1 aliphatic rings. The van der Waals surface area contributed by atoms with Crippen molar-refractivity contribution in [3.8, 4) is 0 Å². The maximum absolute atomic E-state index is 12.1. The fourth-order valence-corrected chi connectivity index (χ4v) is 2.41. The van der Waals surface area contributed by atoms with Crippen molar-refractivity contribution in [2.75, 3.05) is 26.7 Å². The summed E-state index contributed by atoms with van der Waals surface area (Å²) in [4.78, 5) is 14.3. The van der Waals surface area contributed by atoms with Gasteiger partial charge in [-0.2, -0.15) is 0 Å². The van der Waals surface area contributed by atoms with E-state index in [9.17, 15) is 4.79 Å². The van der Waals surface area contributed by atoms with Crippen molar-refractivity contribution in [2.24, 2.45) is 0 Å². The molecule has 1 atom stereocenters. The van der Waals surface area contributed by atoms with Gasteiger partial charge in [0.2, 0.25) is 0 Å². The van der Waals surface area contributed by atoms with Crippen molar-refractivity contribution >= 4 is 17.4 Å². The molecule has 3 nitrogen and oxygen atoms in total. The summed E-state index contributed by atoms with van der Waals surface area (Å²) in [7, 11) is 1.73. The highest BCUT2D eigenvalue weighted by molar-refractivity contribution is 6.30. The highest BCUT2D eigenvalue weighted by Crippen LogP contribution is 2.14. The zero-order valence-electron chi connectivity index (χ0n) is 10.6. The van der Waals surface area contributed by atoms with Crippen molar-refractivity contribution < 1.29 is 9.53 Å². The summed E-state index contributed by atoms with van der Waals surface area (Å²) in [6.07, 6.45) is 2.44. The molecular weight excluding hydrogens is 250 g/mol. The van der Waals surface area contributed by atoms with Crippen molar-refractivity contribution in [1.82, 2.24) is 4.90 Å². The molecule has 0 N–H and O–H groups in total. The van der Waals surface area contributed by atoms with E-state index in [-0.39, 0.29) is 11.9 Å². The van der Waals surface area contributed by atoms with Crippen LogP contribution in [0.1, 0.15) is 23.2 Å². The fraction of sp³-hybridized carbons (Fsp3) is 0.500. The minimum Gasteiger partial charge on any atom is -0.380 e. The Morgan fingerprint density at radius 2 is 2.17 bits per heavy atom. The Bertz CT molecular complexity index is 405. The number of Topliss-reactive ketones (excluding diaryl/α,β-unsaturated/α-hetero) is 1. The average molecular weight is 268 g/mol. The first-order chi connectivity index (χ1) is 8.69. The van der Waals surface area contributed by atoms with Crippen LogP contribution in [0.15, 0.2) is 24.3 Å². The Morgan fingerprint density at radius 1 is 1.44 bits per heavy atom. The minimum atomic E-state index is 0.142. The molecule has 0 aliphatic carbocycles. The van der Waals surface area contributed by atoms with Gasteiger partial charge in [-0.25, -0.2) is 0 Å². The number of carbonyl (C=O) groups excluding carboxylic acids is 1. The van der Waals surface area contributed by atoms with E-state index in [4.69, 9.17) is 16.3 Å². The molecule has 4 heteroatoms. The standard InChI is InChI=1S/C14H18ClNO2/c1-18-13-3-2-8-16(9-13)10-14(17)11-4-6-12(15)7-5-11/h4-7,13H,2-3,8-10H2,1H3. The first kappa shape index (κ1) is 13.5. The zero-order chi connectivity index (χ0) is 13.0. The van der Waals surface area contributed by atoms with E-state index < -0.39 is 0 Å². The summed E-state index contributed by atoms with van der Waals surface area (Å²) >= 11 is 5.81. The van der Waals surface area contributed by atoms with Crippen LogP contribution in [0.3, 0.4) is 0 Å². The number of ketones is 1. The Kier molecular flexibility index (Phi) is 4.75. The van der Waals surface area contributed by atoms with E-state index in [2.05, 4.69) is 4.90 Å². The second kappa shape index (κ2) is 6.32. The highest BCUT2D eigenvalue weighted by atomic mass is 35.5. The van der Waals surface area contributed by atoms with Gasteiger partial charge >= 0.3 is 0 Å². The van der Waals surface area contributed by atoms with Crippen LogP contribution in [0.25, 0.3) is 0 Å². The summed E-state index contributed by atoms with van der Waals surface area (Å²) in [5, 5.41) is 0.656. The van der Waals surface area contributed by atoms with Crippen LogP contribution in [0.5, 0.6) is 0 Å². The number of benzene rings is 1. The SMILES string of the molecule is COC1CCCN(CC(=O)c2ccc(Cl)cc2)C1. The Morgan fingerprint density at radius 3 is 2.83 bits per heavy atom. The number of rotatable bonds is 4. The molecule has 0 saturated carbocycles. The van der Waals surface area contributed by atoms with Crippen molar-refractivity contribution in [2.45, 2.75) is 18.9 Å². The Balaban J connectivity index is 1.92. The van der Waals surface area contributed by atoms with E-state index >= 15 is 0 Å². The van der Waals surface area contributed by atoms with Crippen LogP contribution < -0.4 is 0 Å². The summed E-state index contributed by atoms with van der Waals surface area (Å²) in [6.45, 7) is 2.27. The van der Waals surface area contributed by atoms with E-state index in [1.165, 1.54) is 0 Å². The lowest BCUT2D eigenvalue weighted by atomic mass is 10.1. The molecule has 98 valence electrons. The van der Waals surface area contributed by atoms with Crippen LogP contribution in [0.2, 0.25) is 5.02 Å². The van der Waals surface area contributed by atoms with Gasteiger partial charge in [0, 0.05) is 24.2 Å². The summed E-state index contributed by atoms with van der Waals surface area (Å²) in [6, 6.07) is 7.07. The molecule has 1 unspecified atom stereocenters. The first-order valence-electron chi connectivity index (χ1n) is 6.23. The molecule has 0 spiro atoms. The molecular formula is C14H18ClNO2. The molecule has 1 aliphatic heterocycles. The number of nitrogens with zero attached hydrogens (tertiary/aromatic N) is 1. The molecule has 18 heavy (non-hydrogen) atoms. The zero-order valence-corrected chi connectivity index (χ0v) is 11.3. The molecule has 0 radical (unpaired) electrons. The second-order valence-corrected chi connectivity index (χ2v) is 5.10. The number of halogens is 1. The predicted octanol–water partition coefficient (Wildman–Crippen LogP) is 2.63. The topological polar surface area (TPSA) is 29.5 Å². The molecule has 0 amide bonds. The van der Waals surface area contributed by atoms with Gasteiger partial charge < -0.3 is 4.74 Å². The van der Waals surface area contributed by atoms with Gasteiger partial charge in [-0.1, -0.05) is 11.6 Å². The fourth-order valence-electron chi connectivity index (χ4n) is 2.28. The molecule has 1 fully saturated rings. The Hall–Kier alpha value is -0.900. The van der Waals surface area contributed by atoms with Gasteiger partial charge in [-0.3, -0.25) is 9.69 Å². The summed E-state index contributed by atoms with van der Waals surface area (Å²) in [5.41, 5.74) is 0.721. The van der Waals surface area contributed by atoms with Gasteiger partial charge in [-0.15, -0.1) is 0 Å². The summed E-state index contributed by atoms with van der Waals surface area (Å²) < 4.78 is 5.35. The van der Waals surface area contributed by atoms with Gasteiger partial charge in [0.05, 0.1) is 12.6 Å². The predicted molar refractivity (Wildman–Crippen MR) is 72.3 cm³/mol. The quantitative estimate of drug-likeness (QED) is 0.786. The van der Waals surface area contributed by atoms with Crippen LogP contribution in [-0.2, 0) is 4.74 Å². The van der Waals surface area contributed by atoms with Crippen LogP contribution in [0, 0.1) is 0 Å². The van der Waals surface area contributed by atoms with Gasteiger partial charge in [0.1, 0.15) is 0 Å². The normalized spacial score (nSPS) is 20.9. The lowest BCUT2D eigenvalue weighted by Crippen LogP contribution is -2.41. The van der Waals surface area contributed by atoms with E-state index in [0.29, 0.717) is 11.6 Å². The maximum atomic E-state index is 12.1. The van der Waals surface area contributed by atoms with Crippen molar-refractivity contribution in [1.29, 1.82) is 0 Å². The molecule has 1 saturated heterocycles. The summed E-state index contributed by atoms with van der Waals surface area (Å²) in [5.74, 6) is 0.142. The third kappa shape index (κ3) is 3.55. The molecule has 2 rings (SSSR count). The molecule has 1 heterocycles. The number of ether oxygens (including phenoxy) is 1. The maximum Gasteiger partial charge on any atom is 0.176 e. The number of hydrogen-bond acceptors (Lipinski definition) is 3. The first-order valence-corrected chi connectivity index (χ1v) is 6.61. The average Bonchev–Trinajstić information content (AvgIpc) is 2.39. The lowest BCUT2D eigenvalue weighted by Gasteiger charge is -2.31. The van der Waals surface area contributed by atoms with Gasteiger partial charge in [0.15, 0.2) is 5.78 Å². The molecule has 0 aromatic heterocycles. The minimum absolute atomic E-state index is 0.142. The lowest BCUT2D eigenvalue weighted by molar-refractivity contribution is 0.0314. The number of likely N-dealkylation sites (tertiary alicyclic amines) is 1. The van der Waals surface area contributed by atoms with Crippen molar-refractivity contribution in [3.05, 3.63) is 34.9 Å². The number of methoxy groups -OCH3 is 1. The second-order valence-electron chi connectivity index (χ2n) is 4.67. The van der Waals surface area contributed by atoms with E-state index in [0.717, 1.165) is 31.5 Å². The van der Waals surface area contributed by atoms with Gasteiger partial charge in [0.25, 0.3) is 0 Å². The smallest absolute Gasteiger partial charge is 0.176 e. The molecule has 1 aromatic carbocycles. The third-order valence-electron chi connectivity index (χ3n) is 3.33. The van der Waals surface area contributed by atoms with Gasteiger partial charge in [-0.05, 0) is 43.7 Å². The Labute approximate surface area is 113 Å². The number of piperidine rings is 1. The molecule has 1 aromatic rings. The highest BCUT2D eigenvalue weighted by Gasteiger charge is 2.21. The largest absolute Gasteiger partial charge is 0.380 e. The molecule has 0 bridgehead atoms.